The van der Waals surface area contributed by atoms with E-state index in [-0.39, 0.29) is 18.0 Å². The highest BCUT2D eigenvalue weighted by Gasteiger charge is 2.30. The Morgan fingerprint density at radius 3 is 1.69 bits per heavy atom. The minimum absolute atomic E-state index is 0.00722. The van der Waals surface area contributed by atoms with Gasteiger partial charge in [0.1, 0.15) is 0 Å². The van der Waals surface area contributed by atoms with Crippen LogP contribution in [0.3, 0.4) is 0 Å². The second-order valence-corrected chi connectivity index (χ2v) is 5.10. The molecule has 4 heteroatoms. The van der Waals surface area contributed by atoms with Gasteiger partial charge in [-0.15, -0.1) is 23.5 Å². The van der Waals surface area contributed by atoms with Crippen molar-refractivity contribution in [3.8, 4) is 0 Å². The normalized spacial score (nSPS) is 17.4. The predicted octanol–water partition coefficient (Wildman–Crippen LogP) is 2.25. The molecule has 0 unspecified atom stereocenters. The largest absolute Gasteiger partial charge is 0.293 e. The van der Waals surface area contributed by atoms with Crippen molar-refractivity contribution in [1.29, 1.82) is 0 Å². The minimum Gasteiger partial charge on any atom is -0.293 e. The third-order valence-electron chi connectivity index (χ3n) is 1.61. The number of hydrogen-bond acceptors (Lipinski definition) is 4. The fourth-order valence-corrected chi connectivity index (χ4v) is 3.03. The molecular formula is C9H12O2S2. The van der Waals surface area contributed by atoms with E-state index in [0.29, 0.717) is 9.81 Å². The van der Waals surface area contributed by atoms with Gasteiger partial charge >= 0.3 is 0 Å². The van der Waals surface area contributed by atoms with Crippen LogP contribution in [-0.2, 0) is 9.59 Å². The zero-order valence-electron chi connectivity index (χ0n) is 7.75. The van der Waals surface area contributed by atoms with Crippen LogP contribution in [0.25, 0.3) is 0 Å². The Bertz CT molecular complexity index is 243. The highest BCUT2D eigenvalue weighted by molar-refractivity contribution is 8.08. The van der Waals surface area contributed by atoms with Crippen LogP contribution >= 0.6 is 23.5 Å². The predicted molar refractivity (Wildman–Crippen MR) is 57.9 cm³/mol. The third-order valence-corrected chi connectivity index (χ3v) is 3.76. The highest BCUT2D eigenvalue weighted by atomic mass is 32.2. The van der Waals surface area contributed by atoms with Crippen LogP contribution in [0.2, 0.25) is 0 Å². The molecule has 0 saturated carbocycles. The van der Waals surface area contributed by atoms with Crippen LogP contribution in [0.4, 0.5) is 0 Å². The number of hydrogen-bond donors (Lipinski definition) is 0. The molecule has 0 aromatic carbocycles. The second-order valence-electron chi connectivity index (χ2n) is 2.55. The van der Waals surface area contributed by atoms with Crippen molar-refractivity contribution >= 4 is 35.1 Å². The smallest absolute Gasteiger partial charge is 0.178 e. The Kier molecular flexibility index (Phi) is 4.06. The molecule has 72 valence electrons. The summed E-state index contributed by atoms with van der Waals surface area (Å²) >= 11 is 2.97. The molecule has 0 saturated heterocycles. The summed E-state index contributed by atoms with van der Waals surface area (Å²) in [6.07, 6.45) is 0.0880. The number of rotatable bonds is 4. The van der Waals surface area contributed by atoms with Gasteiger partial charge in [-0.3, -0.25) is 9.59 Å². The summed E-state index contributed by atoms with van der Waals surface area (Å²) in [4.78, 5) is 24.1. The summed E-state index contributed by atoms with van der Waals surface area (Å²) in [5.74, 6) is 1.71. The van der Waals surface area contributed by atoms with E-state index in [9.17, 15) is 9.59 Å². The standard InChI is InChI=1S/C9H12O2S2/c1-3-12-8-6(10)5-7(11)9(8)13-4-2/h3-5H2,1-2H3. The van der Waals surface area contributed by atoms with Crippen LogP contribution in [0.15, 0.2) is 9.81 Å². The molecular weight excluding hydrogens is 204 g/mol. The Morgan fingerprint density at radius 1 is 1.00 bits per heavy atom. The van der Waals surface area contributed by atoms with Crippen molar-refractivity contribution in [2.75, 3.05) is 11.5 Å². The summed E-state index contributed by atoms with van der Waals surface area (Å²) in [6.45, 7) is 3.98. The maximum Gasteiger partial charge on any atom is 0.178 e. The molecule has 1 rings (SSSR count). The first-order valence-corrected chi connectivity index (χ1v) is 6.24. The molecule has 0 aliphatic heterocycles. The molecule has 0 spiro atoms. The molecule has 1 aliphatic rings. The zero-order chi connectivity index (χ0) is 9.84. The van der Waals surface area contributed by atoms with Crippen molar-refractivity contribution in [3.63, 3.8) is 0 Å². The summed E-state index contributed by atoms with van der Waals surface area (Å²) in [5, 5.41) is 0. The Labute approximate surface area is 86.5 Å². The molecule has 0 aromatic rings. The second kappa shape index (κ2) is 4.86. The number of carbonyl (C=O) groups is 2. The number of thioether (sulfide) groups is 2. The first-order chi connectivity index (χ1) is 6.20. The van der Waals surface area contributed by atoms with Gasteiger partial charge in [-0.05, 0) is 11.5 Å². The summed E-state index contributed by atoms with van der Waals surface area (Å²) in [6, 6.07) is 0. The molecule has 1 aliphatic carbocycles. The van der Waals surface area contributed by atoms with Crippen LogP contribution < -0.4 is 0 Å². The molecule has 0 bridgehead atoms. The van der Waals surface area contributed by atoms with E-state index in [1.54, 1.807) is 0 Å². The van der Waals surface area contributed by atoms with E-state index >= 15 is 0 Å². The molecule has 0 N–H and O–H groups in total. The van der Waals surface area contributed by atoms with Gasteiger partial charge in [0.2, 0.25) is 0 Å². The van der Waals surface area contributed by atoms with Gasteiger partial charge in [0.15, 0.2) is 11.6 Å². The molecule has 0 amide bonds. The van der Waals surface area contributed by atoms with Crippen molar-refractivity contribution in [3.05, 3.63) is 9.81 Å². The lowest BCUT2D eigenvalue weighted by atomic mass is 10.3. The zero-order valence-corrected chi connectivity index (χ0v) is 9.39. The first-order valence-electron chi connectivity index (χ1n) is 4.27. The summed E-state index contributed by atoms with van der Waals surface area (Å²) in [5.41, 5.74) is 0. The molecule has 0 fully saturated rings. The van der Waals surface area contributed by atoms with E-state index in [1.165, 1.54) is 23.5 Å². The SMILES string of the molecule is CCSC1=C(SCC)C(=O)CC1=O. The monoisotopic (exact) mass is 216 g/mol. The summed E-state index contributed by atoms with van der Waals surface area (Å²) in [7, 11) is 0. The van der Waals surface area contributed by atoms with Gasteiger partial charge < -0.3 is 0 Å². The molecule has 0 aromatic heterocycles. The first kappa shape index (κ1) is 10.9. The Morgan fingerprint density at radius 2 is 1.38 bits per heavy atom. The van der Waals surface area contributed by atoms with Crippen molar-refractivity contribution in [2.45, 2.75) is 20.3 Å². The van der Waals surface area contributed by atoms with E-state index in [2.05, 4.69) is 0 Å². The van der Waals surface area contributed by atoms with Crippen molar-refractivity contribution < 1.29 is 9.59 Å². The average Bonchev–Trinajstić information content (AvgIpc) is 2.33. The van der Waals surface area contributed by atoms with Gasteiger partial charge in [-0.1, -0.05) is 13.8 Å². The van der Waals surface area contributed by atoms with Gasteiger partial charge in [0, 0.05) is 0 Å². The highest BCUT2D eigenvalue weighted by Crippen LogP contribution is 2.35. The minimum atomic E-state index is 0.00722. The molecule has 0 heterocycles. The van der Waals surface area contributed by atoms with Crippen molar-refractivity contribution in [1.82, 2.24) is 0 Å². The number of allylic oxidation sites excluding steroid dienone is 2. The lowest BCUT2D eigenvalue weighted by molar-refractivity contribution is -0.120. The number of ketones is 2. The van der Waals surface area contributed by atoms with Crippen LogP contribution in [-0.4, -0.2) is 23.1 Å². The molecule has 13 heavy (non-hydrogen) atoms. The van der Waals surface area contributed by atoms with E-state index in [1.807, 2.05) is 13.8 Å². The van der Waals surface area contributed by atoms with Gasteiger partial charge in [0.25, 0.3) is 0 Å². The maximum absolute atomic E-state index is 11.3. The fourth-order valence-electron chi connectivity index (χ4n) is 1.14. The Hall–Kier alpha value is -0.220. The Balaban J connectivity index is 2.88. The van der Waals surface area contributed by atoms with Crippen LogP contribution in [0, 0.1) is 0 Å². The maximum atomic E-state index is 11.3. The van der Waals surface area contributed by atoms with Gasteiger partial charge in [-0.2, -0.15) is 0 Å². The summed E-state index contributed by atoms with van der Waals surface area (Å²) < 4.78 is 0. The lowest BCUT2D eigenvalue weighted by Gasteiger charge is -2.00. The third kappa shape index (κ3) is 2.38. The van der Waals surface area contributed by atoms with E-state index in [0.717, 1.165) is 11.5 Å². The lowest BCUT2D eigenvalue weighted by Crippen LogP contribution is -1.95. The number of carbonyl (C=O) groups excluding carboxylic acids is 2. The molecule has 0 atom stereocenters. The quantitative estimate of drug-likeness (QED) is 0.675. The average molecular weight is 216 g/mol. The molecule has 0 radical (unpaired) electrons. The van der Waals surface area contributed by atoms with Gasteiger partial charge in [0.05, 0.1) is 16.2 Å². The molecule has 2 nitrogen and oxygen atoms in total. The van der Waals surface area contributed by atoms with E-state index in [4.69, 9.17) is 0 Å². The fraction of sp³-hybridized carbons (Fsp3) is 0.556. The van der Waals surface area contributed by atoms with Crippen LogP contribution in [0.5, 0.6) is 0 Å². The topological polar surface area (TPSA) is 34.1 Å². The number of Topliss-reactive ketones (excluding diaryl/α,β-unsaturated/α-hetero) is 2. The van der Waals surface area contributed by atoms with Crippen molar-refractivity contribution in [2.24, 2.45) is 0 Å². The van der Waals surface area contributed by atoms with Gasteiger partial charge in [-0.25, -0.2) is 0 Å². The van der Waals surface area contributed by atoms with E-state index < -0.39 is 0 Å². The van der Waals surface area contributed by atoms with Crippen LogP contribution in [0.1, 0.15) is 20.3 Å².